The molecule has 1 N–H and O–H groups in total. The third kappa shape index (κ3) is 13.4. The minimum atomic E-state index is -4.97. The van der Waals surface area contributed by atoms with Crippen molar-refractivity contribution in [3.8, 4) is 17.2 Å². The molecular weight excluding hydrogens is 1070 g/mol. The van der Waals surface area contributed by atoms with Crippen LogP contribution in [0.2, 0.25) is 10.0 Å². The lowest BCUT2D eigenvalue weighted by Crippen LogP contribution is -2.40. The molecule has 0 aliphatic rings. The number of benzene rings is 5. The summed E-state index contributed by atoms with van der Waals surface area (Å²) < 4.78 is 131. The molecule has 0 aliphatic heterocycles. The van der Waals surface area contributed by atoms with E-state index in [0.29, 0.717) is 33.8 Å². The van der Waals surface area contributed by atoms with Crippen LogP contribution in [0.4, 0.5) is 35.1 Å². The van der Waals surface area contributed by atoms with E-state index in [1.165, 1.54) is 34.9 Å². The number of aromatic amines is 1. The molecule has 0 radical (unpaired) electrons. The largest absolute Gasteiger partial charge is 0.573 e. The molecule has 0 saturated carbocycles. The van der Waals surface area contributed by atoms with Gasteiger partial charge in [0.1, 0.15) is 40.5 Å². The Morgan fingerprint density at radius 3 is 1.40 bits per heavy atom. The number of nitrogens with one attached hydrogen (secondary N) is 1. The molecule has 77 heavy (non-hydrogen) atoms. The van der Waals surface area contributed by atoms with E-state index in [2.05, 4.69) is 24.4 Å². The summed E-state index contributed by atoms with van der Waals surface area (Å²) >= 11 is 12.0. The Morgan fingerprint density at radius 2 is 0.974 bits per heavy atom. The molecule has 9 rings (SSSR count). The first kappa shape index (κ1) is 55.1. The number of fused-ring (bicyclic) bond motifs is 2. The number of ether oxygens (including phenoxy) is 3. The molecule has 9 aromatic rings. The van der Waals surface area contributed by atoms with Crippen LogP contribution < -0.4 is 36.7 Å². The Balaban J connectivity index is 0.000000221. The lowest BCUT2D eigenvalue weighted by atomic mass is 10.1. The minimum absolute atomic E-state index is 0.0433. The average Bonchev–Trinajstić information content (AvgIpc) is 3.95. The summed E-state index contributed by atoms with van der Waals surface area (Å²) in [6.45, 7) is 2.45. The molecule has 4 heterocycles. The molecule has 0 fully saturated rings. The van der Waals surface area contributed by atoms with E-state index in [-0.39, 0.29) is 77.6 Å². The minimum Gasteiger partial charge on any atom is -0.497 e. The van der Waals surface area contributed by atoms with E-state index in [4.69, 9.17) is 29.3 Å². The molecular formula is C52H44Cl2F8N8O7. The van der Waals surface area contributed by atoms with E-state index < -0.39 is 58.4 Å². The fourth-order valence-corrected chi connectivity index (χ4v) is 8.26. The number of aryl methyl sites for hydroxylation is 2. The van der Waals surface area contributed by atoms with E-state index in [0.717, 1.165) is 51.1 Å². The molecule has 0 bridgehead atoms. The second-order valence-electron chi connectivity index (χ2n) is 16.7. The van der Waals surface area contributed by atoms with Gasteiger partial charge in [0, 0.05) is 51.4 Å². The van der Waals surface area contributed by atoms with Gasteiger partial charge in [0.25, 0.3) is 11.1 Å². The maximum absolute atomic E-state index is 14.8. The van der Waals surface area contributed by atoms with Crippen LogP contribution in [0.3, 0.4) is 0 Å². The van der Waals surface area contributed by atoms with Gasteiger partial charge in [0.15, 0.2) is 22.3 Å². The van der Waals surface area contributed by atoms with E-state index in [1.807, 2.05) is 0 Å². The number of hydrogen-bond donors (Lipinski definition) is 1. The summed E-state index contributed by atoms with van der Waals surface area (Å²) in [6.07, 6.45) is -10.5. The Labute approximate surface area is 442 Å². The van der Waals surface area contributed by atoms with E-state index in [1.54, 1.807) is 79.7 Å². The SMILES string of the molecule is COc1ccc(Cn2c(=O)c3c(nc(Cc4cc(OC(F)(F)F)ccc4F)n3Cc3ccc(Cl)cc3)n(C)c2=O)cc1.Cn1c(=O)[nH]c(=O)c2c1nc(Cc1cc(OC(F)(F)F)ccc1F)n2Cc1ccc(Cl)cc1.[2H]CC. The number of hydrogen-bond acceptors (Lipinski definition) is 9. The number of methoxy groups -OCH3 is 1. The Kier molecular flexibility index (Phi) is 16.7. The standard InChI is InChI=1S/C29H23ClF4N4O4.C21H15ClF4N4O3.C2H6/c1-36-26-25(27(39)38(28(36)40)16-18-5-9-21(41-2)10-6-18)37(15-17-3-7-20(30)8-4-17)24(35-26)14-19-13-22(11-12-23(19)31)42-29(32,33)34;1-29-18-17(19(31)28-20(29)32)30(10-11-2-4-13(22)5-3-11)16(27-18)9-12-8-14(6-7-15(12)23)33-21(24,25)26;1-2/h3-13H,14-16H2,1-2H3;2-8H,9-10H2,1H3,(H,28,31,32);1-2H3/i;;1D. The molecule has 404 valence electrons. The van der Waals surface area contributed by atoms with Crippen LogP contribution >= 0.6 is 23.2 Å². The van der Waals surface area contributed by atoms with Gasteiger partial charge in [-0.05, 0) is 101 Å². The number of H-pyrrole nitrogens is 1. The molecule has 0 atom stereocenters. The Hall–Kier alpha value is -8.18. The predicted molar refractivity (Wildman–Crippen MR) is 271 cm³/mol. The molecule has 15 nitrogen and oxygen atoms in total. The molecule has 0 spiro atoms. The summed E-state index contributed by atoms with van der Waals surface area (Å²) in [4.78, 5) is 62.8. The normalized spacial score (nSPS) is 11.7. The molecule has 0 saturated heterocycles. The van der Waals surface area contributed by atoms with Gasteiger partial charge in [-0.15, -0.1) is 26.3 Å². The molecule has 25 heteroatoms. The third-order valence-corrected chi connectivity index (χ3v) is 12.1. The summed E-state index contributed by atoms with van der Waals surface area (Å²) in [6, 6.07) is 25.6. The first-order chi connectivity index (χ1) is 36.9. The number of nitrogens with zero attached hydrogens (tertiary/aromatic N) is 7. The number of halogens is 10. The Bertz CT molecular complexity index is 3860. The average molecular weight is 1120 g/mol. The van der Waals surface area contributed by atoms with Gasteiger partial charge in [-0.2, -0.15) is 0 Å². The van der Waals surface area contributed by atoms with Crippen LogP contribution in [0.1, 0.15) is 54.7 Å². The number of rotatable bonds is 13. The van der Waals surface area contributed by atoms with Gasteiger partial charge >= 0.3 is 24.1 Å². The van der Waals surface area contributed by atoms with Gasteiger partial charge in [0.2, 0.25) is 0 Å². The van der Waals surface area contributed by atoms with Crippen LogP contribution in [-0.4, -0.2) is 57.6 Å². The van der Waals surface area contributed by atoms with Gasteiger partial charge in [-0.1, -0.05) is 73.4 Å². The van der Waals surface area contributed by atoms with Crippen molar-refractivity contribution in [2.45, 2.75) is 59.0 Å². The van der Waals surface area contributed by atoms with Crippen molar-refractivity contribution >= 4 is 45.5 Å². The second-order valence-corrected chi connectivity index (χ2v) is 17.6. The highest BCUT2D eigenvalue weighted by Crippen LogP contribution is 2.29. The zero-order valence-electron chi connectivity index (χ0n) is 41.9. The molecule has 4 aromatic heterocycles. The first-order valence-corrected chi connectivity index (χ1v) is 23.5. The molecule has 5 aromatic carbocycles. The fourth-order valence-electron chi connectivity index (χ4n) is 8.01. The van der Waals surface area contributed by atoms with Crippen LogP contribution in [0.25, 0.3) is 22.3 Å². The van der Waals surface area contributed by atoms with Gasteiger partial charge in [0.05, 0.1) is 13.7 Å². The topological polar surface area (TPSA) is 162 Å². The van der Waals surface area contributed by atoms with E-state index >= 15 is 0 Å². The maximum Gasteiger partial charge on any atom is 0.573 e. The van der Waals surface area contributed by atoms with Crippen molar-refractivity contribution < 1.29 is 50.7 Å². The highest BCUT2D eigenvalue weighted by atomic mass is 35.5. The number of imidazole rings is 2. The zero-order valence-corrected chi connectivity index (χ0v) is 42.4. The maximum atomic E-state index is 14.8. The monoisotopic (exact) mass is 1120 g/mol. The summed E-state index contributed by atoms with van der Waals surface area (Å²) in [5.41, 5.74) is -0.600. The summed E-state index contributed by atoms with van der Waals surface area (Å²) in [5.74, 6) is -1.85. The quantitative estimate of drug-likeness (QED) is 0.111. The smallest absolute Gasteiger partial charge is 0.497 e. The van der Waals surface area contributed by atoms with Crippen LogP contribution in [0.5, 0.6) is 17.2 Å². The van der Waals surface area contributed by atoms with E-state index in [9.17, 15) is 54.3 Å². The first-order valence-electron chi connectivity index (χ1n) is 23.4. The lowest BCUT2D eigenvalue weighted by molar-refractivity contribution is -0.275. The lowest BCUT2D eigenvalue weighted by Gasteiger charge is -2.13. The molecule has 0 amide bonds. The Morgan fingerprint density at radius 1 is 0.584 bits per heavy atom. The van der Waals surface area contributed by atoms with Crippen molar-refractivity contribution in [1.82, 2.24) is 37.8 Å². The van der Waals surface area contributed by atoms with Crippen molar-refractivity contribution in [2.24, 2.45) is 14.1 Å². The highest BCUT2D eigenvalue weighted by molar-refractivity contribution is 6.30. The molecule has 0 aliphatic carbocycles. The fraction of sp³-hybridized carbons (Fsp3) is 0.231. The van der Waals surface area contributed by atoms with Gasteiger partial charge in [-0.3, -0.25) is 28.3 Å². The van der Waals surface area contributed by atoms with Crippen molar-refractivity contribution in [3.63, 3.8) is 0 Å². The third-order valence-electron chi connectivity index (χ3n) is 11.6. The van der Waals surface area contributed by atoms with Gasteiger partial charge < -0.3 is 23.3 Å². The summed E-state index contributed by atoms with van der Waals surface area (Å²) in [5, 5.41) is 0.987. The highest BCUT2D eigenvalue weighted by Gasteiger charge is 2.33. The van der Waals surface area contributed by atoms with Crippen molar-refractivity contribution in [2.75, 3.05) is 7.11 Å². The summed E-state index contributed by atoms with van der Waals surface area (Å²) in [7, 11) is 4.38. The number of aromatic nitrogens is 8. The van der Waals surface area contributed by atoms with Crippen LogP contribution in [-0.2, 0) is 46.6 Å². The second kappa shape index (κ2) is 23.4. The molecule has 0 unspecified atom stereocenters. The van der Waals surface area contributed by atoms with Crippen LogP contribution in [0, 0.1) is 11.6 Å². The number of alkyl halides is 6. The van der Waals surface area contributed by atoms with Crippen molar-refractivity contribution in [1.29, 1.82) is 0 Å². The zero-order chi connectivity index (χ0) is 56.8. The van der Waals surface area contributed by atoms with Gasteiger partial charge in [-0.25, -0.2) is 28.3 Å². The van der Waals surface area contributed by atoms with Crippen LogP contribution in [0.15, 0.2) is 128 Å². The predicted octanol–water partition coefficient (Wildman–Crippen LogP) is 10.1. The van der Waals surface area contributed by atoms with Crippen molar-refractivity contribution in [3.05, 3.63) is 212 Å².